The third-order valence-electron chi connectivity index (χ3n) is 4.45. The second-order valence-electron chi connectivity index (χ2n) is 7.01. The Hall–Kier alpha value is -0.0800. The highest BCUT2D eigenvalue weighted by atomic mass is 16.5. The predicted octanol–water partition coefficient (Wildman–Crippen LogP) is 4.24. The van der Waals surface area contributed by atoms with E-state index < -0.39 is 0 Å². The Morgan fingerprint density at radius 2 is 1.84 bits per heavy atom. The van der Waals surface area contributed by atoms with E-state index in [2.05, 4.69) is 39.9 Å². The van der Waals surface area contributed by atoms with Crippen LogP contribution in [-0.4, -0.2) is 25.3 Å². The third kappa shape index (κ3) is 6.76. The number of hydrogen-bond donors (Lipinski definition) is 1. The maximum atomic E-state index is 5.58. The first kappa shape index (κ1) is 17.0. The normalized spacial score (nSPS) is 28.3. The molecule has 0 aromatic heterocycles. The molecular weight excluding hydrogens is 234 g/mol. The Kier molecular flexibility index (Phi) is 8.01. The van der Waals surface area contributed by atoms with Gasteiger partial charge in [-0.25, -0.2) is 0 Å². The number of ether oxygens (including phenoxy) is 1. The van der Waals surface area contributed by atoms with Gasteiger partial charge in [0.25, 0.3) is 0 Å². The molecule has 0 aromatic carbocycles. The summed E-state index contributed by atoms with van der Waals surface area (Å²) < 4.78 is 5.58. The van der Waals surface area contributed by atoms with Crippen LogP contribution in [0.2, 0.25) is 0 Å². The van der Waals surface area contributed by atoms with Crippen LogP contribution >= 0.6 is 0 Å². The second-order valence-corrected chi connectivity index (χ2v) is 7.01. The van der Waals surface area contributed by atoms with E-state index in [1.54, 1.807) is 0 Å². The van der Waals surface area contributed by atoms with Gasteiger partial charge in [-0.2, -0.15) is 0 Å². The van der Waals surface area contributed by atoms with Crippen molar-refractivity contribution in [1.82, 2.24) is 5.32 Å². The molecular formula is C17H35NO. The van der Waals surface area contributed by atoms with Crippen molar-refractivity contribution in [2.24, 2.45) is 17.8 Å². The molecule has 2 nitrogen and oxygen atoms in total. The third-order valence-corrected chi connectivity index (χ3v) is 4.45. The highest BCUT2D eigenvalue weighted by Gasteiger charge is 2.29. The summed E-state index contributed by atoms with van der Waals surface area (Å²) in [6.07, 6.45) is 6.99. The summed E-state index contributed by atoms with van der Waals surface area (Å²) in [6, 6.07) is 0.745. The zero-order valence-corrected chi connectivity index (χ0v) is 13.7. The van der Waals surface area contributed by atoms with Crippen LogP contribution in [0.15, 0.2) is 0 Å². The van der Waals surface area contributed by atoms with Gasteiger partial charge in [0.1, 0.15) is 0 Å². The molecule has 0 aromatic rings. The average molecular weight is 269 g/mol. The minimum Gasteiger partial charge on any atom is -0.379 e. The van der Waals surface area contributed by atoms with Crippen molar-refractivity contribution in [2.75, 3.05) is 13.2 Å². The minimum atomic E-state index is 0.373. The van der Waals surface area contributed by atoms with Crippen molar-refractivity contribution in [3.05, 3.63) is 0 Å². The molecule has 1 rings (SSSR count). The highest BCUT2D eigenvalue weighted by molar-refractivity contribution is 4.85. The van der Waals surface area contributed by atoms with E-state index in [9.17, 15) is 0 Å². The van der Waals surface area contributed by atoms with Crippen LogP contribution in [0.3, 0.4) is 0 Å². The first-order valence-electron chi connectivity index (χ1n) is 8.35. The van der Waals surface area contributed by atoms with Crippen LogP contribution < -0.4 is 5.32 Å². The van der Waals surface area contributed by atoms with Crippen molar-refractivity contribution in [3.8, 4) is 0 Å². The lowest BCUT2D eigenvalue weighted by Gasteiger charge is -2.38. The smallest absolute Gasteiger partial charge is 0.0518 e. The summed E-state index contributed by atoms with van der Waals surface area (Å²) in [4.78, 5) is 0. The van der Waals surface area contributed by atoms with Gasteiger partial charge in [0.15, 0.2) is 0 Å². The van der Waals surface area contributed by atoms with Gasteiger partial charge in [0.05, 0.1) is 6.10 Å². The van der Waals surface area contributed by atoms with Crippen molar-refractivity contribution in [2.45, 2.75) is 78.9 Å². The molecule has 0 heterocycles. The average Bonchev–Trinajstić information content (AvgIpc) is 2.33. The molecule has 1 saturated carbocycles. The number of hydrogen-bond acceptors (Lipinski definition) is 2. The van der Waals surface area contributed by atoms with E-state index in [1.165, 1.54) is 32.1 Å². The molecule has 2 heteroatoms. The molecule has 0 saturated heterocycles. The second kappa shape index (κ2) is 8.97. The van der Waals surface area contributed by atoms with Gasteiger partial charge in [0.2, 0.25) is 0 Å². The Labute approximate surface area is 120 Å². The first-order chi connectivity index (χ1) is 9.00. The van der Waals surface area contributed by atoms with Gasteiger partial charge >= 0.3 is 0 Å². The molecule has 1 aliphatic carbocycles. The molecule has 1 fully saturated rings. The topological polar surface area (TPSA) is 21.3 Å². The number of nitrogens with one attached hydrogen (secondary N) is 1. The Morgan fingerprint density at radius 1 is 1.11 bits per heavy atom. The van der Waals surface area contributed by atoms with Crippen LogP contribution in [0.4, 0.5) is 0 Å². The van der Waals surface area contributed by atoms with Crippen LogP contribution in [0.5, 0.6) is 0 Å². The summed E-state index contributed by atoms with van der Waals surface area (Å²) in [5.74, 6) is 2.59. The summed E-state index contributed by atoms with van der Waals surface area (Å²) in [5, 5.41) is 3.82. The van der Waals surface area contributed by atoms with Gasteiger partial charge in [0, 0.05) is 12.6 Å². The van der Waals surface area contributed by atoms with E-state index in [0.717, 1.165) is 36.9 Å². The molecule has 1 N–H and O–H groups in total. The monoisotopic (exact) mass is 269 g/mol. The van der Waals surface area contributed by atoms with Crippen molar-refractivity contribution >= 4 is 0 Å². The standard InChI is InChI=1S/C17H35NO/c1-13(2)16-9-8-15(5)12-17(16)18-10-6-7-11-19-14(3)4/h13-18H,6-12H2,1-5H3. The molecule has 1 aliphatic rings. The molecule has 19 heavy (non-hydrogen) atoms. The molecule has 114 valence electrons. The SMILES string of the molecule is CC1CCC(C(C)C)C(NCCCCOC(C)C)C1. The Balaban J connectivity index is 2.17. The summed E-state index contributed by atoms with van der Waals surface area (Å²) in [5.41, 5.74) is 0. The first-order valence-corrected chi connectivity index (χ1v) is 8.35. The predicted molar refractivity (Wildman–Crippen MR) is 83.5 cm³/mol. The van der Waals surface area contributed by atoms with Gasteiger partial charge in [-0.3, -0.25) is 0 Å². The van der Waals surface area contributed by atoms with Gasteiger partial charge in [-0.1, -0.05) is 27.2 Å². The van der Waals surface area contributed by atoms with Crippen LogP contribution in [0.1, 0.15) is 66.7 Å². The van der Waals surface area contributed by atoms with Crippen LogP contribution in [0, 0.1) is 17.8 Å². The van der Waals surface area contributed by atoms with Crippen LogP contribution in [-0.2, 0) is 4.74 Å². The quantitative estimate of drug-likeness (QED) is 0.665. The lowest BCUT2D eigenvalue weighted by molar-refractivity contribution is 0.0754. The van der Waals surface area contributed by atoms with Gasteiger partial charge < -0.3 is 10.1 Å². The maximum absolute atomic E-state index is 5.58. The van der Waals surface area contributed by atoms with E-state index in [0.29, 0.717) is 6.10 Å². The molecule has 0 bridgehead atoms. The largest absolute Gasteiger partial charge is 0.379 e. The number of rotatable bonds is 8. The van der Waals surface area contributed by atoms with Crippen molar-refractivity contribution in [1.29, 1.82) is 0 Å². The maximum Gasteiger partial charge on any atom is 0.0518 e. The van der Waals surface area contributed by atoms with E-state index in [-0.39, 0.29) is 0 Å². The fraction of sp³-hybridized carbons (Fsp3) is 1.00. The lowest BCUT2D eigenvalue weighted by Crippen LogP contribution is -2.43. The fourth-order valence-electron chi connectivity index (χ4n) is 3.27. The summed E-state index contributed by atoms with van der Waals surface area (Å²) >= 11 is 0. The van der Waals surface area contributed by atoms with Gasteiger partial charge in [-0.05, 0) is 63.8 Å². The lowest BCUT2D eigenvalue weighted by atomic mass is 9.74. The molecule has 0 amide bonds. The van der Waals surface area contributed by atoms with E-state index in [4.69, 9.17) is 4.74 Å². The van der Waals surface area contributed by atoms with Crippen molar-refractivity contribution in [3.63, 3.8) is 0 Å². The molecule has 0 spiro atoms. The van der Waals surface area contributed by atoms with Gasteiger partial charge in [-0.15, -0.1) is 0 Å². The zero-order valence-electron chi connectivity index (χ0n) is 13.7. The molecule has 3 unspecified atom stereocenters. The molecule has 3 atom stereocenters. The number of unbranched alkanes of at least 4 members (excludes halogenated alkanes) is 1. The van der Waals surface area contributed by atoms with E-state index >= 15 is 0 Å². The van der Waals surface area contributed by atoms with E-state index in [1.807, 2.05) is 0 Å². The fourth-order valence-corrected chi connectivity index (χ4v) is 3.27. The van der Waals surface area contributed by atoms with Crippen molar-refractivity contribution < 1.29 is 4.74 Å². The summed E-state index contributed by atoms with van der Waals surface area (Å²) in [7, 11) is 0. The Morgan fingerprint density at radius 3 is 2.47 bits per heavy atom. The highest BCUT2D eigenvalue weighted by Crippen LogP contribution is 2.33. The molecule has 0 radical (unpaired) electrons. The Bertz CT molecular complexity index is 227. The van der Waals surface area contributed by atoms with Crippen LogP contribution in [0.25, 0.3) is 0 Å². The minimum absolute atomic E-state index is 0.373. The zero-order chi connectivity index (χ0) is 14.3. The summed E-state index contributed by atoms with van der Waals surface area (Å²) in [6.45, 7) is 13.4. The molecule has 0 aliphatic heterocycles.